The Hall–Kier alpha value is -2.18. The van der Waals surface area contributed by atoms with Gasteiger partial charge in [-0.05, 0) is 18.9 Å². The summed E-state index contributed by atoms with van der Waals surface area (Å²) >= 11 is 0. The van der Waals surface area contributed by atoms with Gasteiger partial charge in [-0.3, -0.25) is 4.79 Å². The van der Waals surface area contributed by atoms with E-state index in [9.17, 15) is 9.90 Å². The van der Waals surface area contributed by atoms with Crippen LogP contribution in [0.2, 0.25) is 0 Å². The van der Waals surface area contributed by atoms with Crippen molar-refractivity contribution in [3.05, 3.63) is 53.4 Å². The number of carbonyl (C=O) groups excluding carboxylic acids is 1. The van der Waals surface area contributed by atoms with E-state index in [0.29, 0.717) is 12.2 Å². The molecule has 1 amide bonds. The molecule has 1 aromatic heterocycles. The first-order valence-corrected chi connectivity index (χ1v) is 7.08. The molecule has 0 radical (unpaired) electrons. The highest BCUT2D eigenvalue weighted by Gasteiger charge is 2.17. The number of rotatable bonds is 7. The zero-order valence-corrected chi connectivity index (χ0v) is 12.7. The molecular weight excluding hydrogens is 284 g/mol. The number of hydrogen-bond donors (Lipinski definition) is 2. The van der Waals surface area contributed by atoms with Gasteiger partial charge < -0.3 is 19.7 Å². The summed E-state index contributed by atoms with van der Waals surface area (Å²) in [7, 11) is 1.54. The van der Waals surface area contributed by atoms with Gasteiger partial charge in [-0.25, -0.2) is 0 Å². The van der Waals surface area contributed by atoms with Gasteiger partial charge in [-0.15, -0.1) is 0 Å². The highest BCUT2D eigenvalue weighted by Crippen LogP contribution is 2.17. The molecule has 0 aliphatic heterocycles. The fraction of sp³-hybridized carbons (Fsp3) is 0.375. The van der Waals surface area contributed by atoms with Gasteiger partial charge in [0.15, 0.2) is 11.5 Å². The quantitative estimate of drug-likeness (QED) is 0.818. The Labute approximate surface area is 129 Å². The fourth-order valence-corrected chi connectivity index (χ4v) is 2.13. The van der Waals surface area contributed by atoms with Crippen molar-refractivity contribution in [2.75, 3.05) is 7.11 Å². The van der Waals surface area contributed by atoms with Gasteiger partial charge in [0.1, 0.15) is 6.61 Å². The van der Waals surface area contributed by atoms with E-state index in [1.165, 1.54) is 7.11 Å². The summed E-state index contributed by atoms with van der Waals surface area (Å²) < 4.78 is 9.88. The summed E-state index contributed by atoms with van der Waals surface area (Å²) in [5.41, 5.74) is 1.03. The average Bonchev–Trinajstić information content (AvgIpc) is 2.97. The highest BCUT2D eigenvalue weighted by atomic mass is 16.5. The predicted molar refractivity (Wildman–Crippen MR) is 80.2 cm³/mol. The molecular formula is C16H20N2O4. The molecule has 6 heteroatoms. The Kier molecular flexibility index (Phi) is 5.68. The molecule has 2 rings (SSSR count). The average molecular weight is 304 g/mol. The molecule has 0 aliphatic rings. The Morgan fingerprint density at radius 2 is 2.14 bits per heavy atom. The first-order chi connectivity index (χ1) is 10.6. The normalized spacial score (nSPS) is 13.6. The number of benzene rings is 1. The zero-order valence-electron chi connectivity index (χ0n) is 12.7. The maximum Gasteiger partial charge on any atom is 0.273 e. The first kappa shape index (κ1) is 16.2. The Morgan fingerprint density at radius 3 is 2.82 bits per heavy atom. The van der Waals surface area contributed by atoms with Gasteiger partial charge in [-0.1, -0.05) is 35.5 Å². The van der Waals surface area contributed by atoms with Crippen molar-refractivity contribution in [1.82, 2.24) is 10.5 Å². The fourth-order valence-electron chi connectivity index (χ4n) is 2.13. The largest absolute Gasteiger partial charge is 0.388 e. The van der Waals surface area contributed by atoms with Gasteiger partial charge >= 0.3 is 0 Å². The third-order valence-electron chi connectivity index (χ3n) is 3.22. The molecule has 2 atom stereocenters. The van der Waals surface area contributed by atoms with Crippen molar-refractivity contribution < 1.29 is 19.2 Å². The van der Waals surface area contributed by atoms with Crippen LogP contribution in [0.3, 0.4) is 0 Å². The van der Waals surface area contributed by atoms with Crippen LogP contribution < -0.4 is 5.32 Å². The summed E-state index contributed by atoms with van der Waals surface area (Å²) in [4.78, 5) is 12.0. The van der Waals surface area contributed by atoms with Crippen LogP contribution in [-0.4, -0.2) is 29.3 Å². The smallest absolute Gasteiger partial charge is 0.273 e. The Balaban J connectivity index is 1.88. The van der Waals surface area contributed by atoms with Gasteiger partial charge in [0, 0.05) is 19.2 Å². The summed E-state index contributed by atoms with van der Waals surface area (Å²) in [5.74, 6) is 0.156. The van der Waals surface area contributed by atoms with Crippen LogP contribution in [-0.2, 0) is 11.3 Å². The number of hydrogen-bond acceptors (Lipinski definition) is 5. The van der Waals surface area contributed by atoms with Crippen LogP contribution in [0.4, 0.5) is 0 Å². The number of nitrogens with zero attached hydrogens (tertiary/aromatic N) is 1. The molecule has 0 saturated carbocycles. The minimum Gasteiger partial charge on any atom is -0.388 e. The number of aliphatic hydroxyl groups is 1. The van der Waals surface area contributed by atoms with E-state index < -0.39 is 6.10 Å². The number of ether oxygens (including phenoxy) is 1. The number of amides is 1. The van der Waals surface area contributed by atoms with Crippen LogP contribution in [0.25, 0.3) is 0 Å². The minimum absolute atomic E-state index is 0.202. The van der Waals surface area contributed by atoms with Crippen molar-refractivity contribution in [2.24, 2.45) is 0 Å². The summed E-state index contributed by atoms with van der Waals surface area (Å²) in [6.45, 7) is 2.10. The van der Waals surface area contributed by atoms with Crippen molar-refractivity contribution in [3.8, 4) is 0 Å². The lowest BCUT2D eigenvalue weighted by Crippen LogP contribution is -2.34. The molecule has 2 aromatic rings. The van der Waals surface area contributed by atoms with Crippen molar-refractivity contribution in [2.45, 2.75) is 32.1 Å². The Morgan fingerprint density at radius 1 is 1.41 bits per heavy atom. The molecule has 0 fully saturated rings. The summed E-state index contributed by atoms with van der Waals surface area (Å²) in [6.07, 6.45) is -0.212. The third kappa shape index (κ3) is 4.41. The van der Waals surface area contributed by atoms with E-state index in [1.54, 1.807) is 6.07 Å². The highest BCUT2D eigenvalue weighted by molar-refractivity contribution is 5.92. The molecule has 1 heterocycles. The second-order valence-electron chi connectivity index (χ2n) is 5.15. The molecule has 0 saturated heterocycles. The number of aromatic nitrogens is 1. The van der Waals surface area contributed by atoms with Crippen LogP contribution >= 0.6 is 0 Å². The number of methoxy groups -OCH3 is 1. The van der Waals surface area contributed by atoms with E-state index in [2.05, 4.69) is 10.5 Å². The number of nitrogens with one attached hydrogen (secondary N) is 1. The van der Waals surface area contributed by atoms with E-state index in [0.717, 1.165) is 5.56 Å². The number of carbonyl (C=O) groups is 1. The van der Waals surface area contributed by atoms with Gasteiger partial charge in [-0.2, -0.15) is 0 Å². The maximum absolute atomic E-state index is 12.0. The molecule has 118 valence electrons. The molecule has 2 N–H and O–H groups in total. The summed E-state index contributed by atoms with van der Waals surface area (Å²) in [5, 5.41) is 16.6. The first-order valence-electron chi connectivity index (χ1n) is 7.08. The molecule has 22 heavy (non-hydrogen) atoms. The van der Waals surface area contributed by atoms with Crippen LogP contribution in [0.1, 0.15) is 41.3 Å². The Bertz CT molecular complexity index is 597. The van der Waals surface area contributed by atoms with E-state index in [-0.39, 0.29) is 24.2 Å². The van der Waals surface area contributed by atoms with Gasteiger partial charge in [0.05, 0.1) is 6.10 Å². The topological polar surface area (TPSA) is 84.6 Å². The second kappa shape index (κ2) is 7.72. The molecule has 0 aliphatic carbocycles. The molecule has 0 spiro atoms. The second-order valence-corrected chi connectivity index (χ2v) is 5.15. The van der Waals surface area contributed by atoms with E-state index in [1.807, 2.05) is 37.3 Å². The SMILES string of the molecule is COCc1cc(C(=O)NC(C)CC(O)c2ccccc2)no1. The number of aliphatic hydroxyl groups excluding tert-OH is 1. The lowest BCUT2D eigenvalue weighted by molar-refractivity contribution is 0.0907. The molecule has 6 nitrogen and oxygen atoms in total. The predicted octanol–water partition coefficient (Wildman–Crippen LogP) is 2.06. The maximum atomic E-state index is 12.0. The van der Waals surface area contributed by atoms with Crippen LogP contribution in [0.15, 0.2) is 40.9 Å². The van der Waals surface area contributed by atoms with Crippen molar-refractivity contribution in [1.29, 1.82) is 0 Å². The lowest BCUT2D eigenvalue weighted by Gasteiger charge is -2.17. The van der Waals surface area contributed by atoms with Gasteiger partial charge in [0.2, 0.25) is 0 Å². The van der Waals surface area contributed by atoms with Crippen molar-refractivity contribution >= 4 is 5.91 Å². The van der Waals surface area contributed by atoms with E-state index in [4.69, 9.17) is 9.26 Å². The minimum atomic E-state index is -0.627. The monoisotopic (exact) mass is 304 g/mol. The van der Waals surface area contributed by atoms with Crippen LogP contribution in [0.5, 0.6) is 0 Å². The zero-order chi connectivity index (χ0) is 15.9. The molecule has 0 bridgehead atoms. The molecule has 2 unspecified atom stereocenters. The standard InChI is InChI=1S/C16H20N2O4/c1-11(8-15(19)12-6-4-3-5-7-12)17-16(20)14-9-13(10-21-2)22-18-14/h3-7,9,11,15,19H,8,10H2,1-2H3,(H,17,20). The molecule has 1 aromatic carbocycles. The van der Waals surface area contributed by atoms with E-state index >= 15 is 0 Å². The van der Waals surface area contributed by atoms with Crippen LogP contribution in [0, 0.1) is 0 Å². The lowest BCUT2D eigenvalue weighted by atomic mass is 10.0. The summed E-state index contributed by atoms with van der Waals surface area (Å²) in [6, 6.07) is 10.7. The third-order valence-corrected chi connectivity index (χ3v) is 3.22. The van der Waals surface area contributed by atoms with Gasteiger partial charge in [0.25, 0.3) is 5.91 Å². The van der Waals surface area contributed by atoms with Crippen molar-refractivity contribution in [3.63, 3.8) is 0 Å².